The number of hydrogen-bond acceptors (Lipinski definition) is 4. The maximum absolute atomic E-state index is 13.0. The summed E-state index contributed by atoms with van der Waals surface area (Å²) in [6.07, 6.45) is -0.450. The molecule has 2 aromatic carbocycles. The van der Waals surface area contributed by atoms with E-state index in [4.69, 9.17) is 10.5 Å². The van der Waals surface area contributed by atoms with Crippen LogP contribution in [0.4, 0.5) is 21.9 Å². The minimum atomic E-state index is -0.901. The lowest BCUT2D eigenvalue weighted by Gasteiger charge is -2.27. The van der Waals surface area contributed by atoms with Gasteiger partial charge in [-0.05, 0) is 41.7 Å². The standard InChI is InChI=1S/C22H25N3O4/c1-5-13-7-6-8-16-20(13)24-18(26)12-19(27)25(16)14-9-10-17(29-21(23)28)15(11-14)22(2,3)4/h6-11H,5,12H2,1-4H3,(H2,23,28)(H,24,26). The second kappa shape index (κ2) is 7.58. The summed E-state index contributed by atoms with van der Waals surface area (Å²) in [6, 6.07) is 10.7. The number of nitrogens with two attached hydrogens (primary N) is 1. The van der Waals surface area contributed by atoms with Gasteiger partial charge >= 0.3 is 6.09 Å². The molecule has 3 N–H and O–H groups in total. The topological polar surface area (TPSA) is 102 Å². The van der Waals surface area contributed by atoms with E-state index >= 15 is 0 Å². The van der Waals surface area contributed by atoms with Crippen LogP contribution in [0.3, 0.4) is 0 Å². The molecule has 0 saturated carbocycles. The summed E-state index contributed by atoms with van der Waals surface area (Å²) in [4.78, 5) is 38.1. The highest BCUT2D eigenvalue weighted by molar-refractivity contribution is 6.17. The Labute approximate surface area is 169 Å². The maximum Gasteiger partial charge on any atom is 0.409 e. The van der Waals surface area contributed by atoms with E-state index < -0.39 is 6.09 Å². The van der Waals surface area contributed by atoms with Gasteiger partial charge in [0.1, 0.15) is 12.2 Å². The highest BCUT2D eigenvalue weighted by atomic mass is 16.5. The molecule has 3 rings (SSSR count). The van der Waals surface area contributed by atoms with Crippen LogP contribution in [-0.4, -0.2) is 17.9 Å². The first kappa shape index (κ1) is 20.4. The summed E-state index contributed by atoms with van der Waals surface area (Å²) in [5.41, 5.74) is 8.33. The second-order valence-electron chi connectivity index (χ2n) is 7.97. The van der Waals surface area contributed by atoms with Crippen molar-refractivity contribution in [3.8, 4) is 5.75 Å². The van der Waals surface area contributed by atoms with Gasteiger partial charge in [-0.1, -0.05) is 39.8 Å². The molecule has 1 aliphatic heterocycles. The number of nitrogens with zero attached hydrogens (tertiary/aromatic N) is 1. The van der Waals surface area contributed by atoms with E-state index in [0.717, 1.165) is 11.1 Å². The van der Waals surface area contributed by atoms with Crippen molar-refractivity contribution in [1.29, 1.82) is 0 Å². The van der Waals surface area contributed by atoms with Crippen LogP contribution in [0.2, 0.25) is 0 Å². The third kappa shape index (κ3) is 4.08. The molecule has 1 heterocycles. The lowest BCUT2D eigenvalue weighted by molar-refractivity contribution is -0.124. The van der Waals surface area contributed by atoms with Crippen LogP contribution in [-0.2, 0) is 21.4 Å². The fraction of sp³-hybridized carbons (Fsp3) is 0.318. The third-order valence-corrected chi connectivity index (χ3v) is 4.82. The van der Waals surface area contributed by atoms with E-state index in [1.54, 1.807) is 18.2 Å². The molecule has 0 unspecified atom stereocenters. The van der Waals surface area contributed by atoms with E-state index in [0.29, 0.717) is 29.2 Å². The van der Waals surface area contributed by atoms with Gasteiger partial charge in [-0.3, -0.25) is 14.5 Å². The molecule has 3 amide bonds. The zero-order valence-corrected chi connectivity index (χ0v) is 17.0. The van der Waals surface area contributed by atoms with E-state index in [2.05, 4.69) is 5.32 Å². The molecule has 0 bridgehead atoms. The van der Waals surface area contributed by atoms with Crippen LogP contribution in [0.15, 0.2) is 36.4 Å². The molecule has 7 nitrogen and oxygen atoms in total. The summed E-state index contributed by atoms with van der Waals surface area (Å²) < 4.78 is 5.16. The van der Waals surface area contributed by atoms with Gasteiger partial charge in [-0.2, -0.15) is 0 Å². The lowest BCUT2D eigenvalue weighted by atomic mass is 9.86. The van der Waals surface area contributed by atoms with Crippen molar-refractivity contribution in [2.75, 3.05) is 10.2 Å². The molecule has 0 spiro atoms. The van der Waals surface area contributed by atoms with Gasteiger partial charge in [0.25, 0.3) is 0 Å². The fourth-order valence-electron chi connectivity index (χ4n) is 3.47. The van der Waals surface area contributed by atoms with Crippen molar-refractivity contribution in [2.45, 2.75) is 46.0 Å². The Kier molecular flexibility index (Phi) is 5.33. The summed E-state index contributed by atoms with van der Waals surface area (Å²) in [6.45, 7) is 7.90. The van der Waals surface area contributed by atoms with Crippen molar-refractivity contribution in [2.24, 2.45) is 5.73 Å². The SMILES string of the molecule is CCc1cccc2c1NC(=O)CC(=O)N2c1ccc(OC(N)=O)c(C(C)(C)C)c1. The minimum absolute atomic E-state index is 0.262. The summed E-state index contributed by atoms with van der Waals surface area (Å²) >= 11 is 0. The number of carbonyl (C=O) groups is 3. The smallest absolute Gasteiger partial charge is 0.409 e. The van der Waals surface area contributed by atoms with E-state index in [9.17, 15) is 14.4 Å². The van der Waals surface area contributed by atoms with Gasteiger partial charge in [0, 0.05) is 11.3 Å². The maximum atomic E-state index is 13.0. The highest BCUT2D eigenvalue weighted by Crippen LogP contribution is 2.41. The quantitative estimate of drug-likeness (QED) is 0.767. The fourth-order valence-corrected chi connectivity index (χ4v) is 3.47. The molecule has 0 saturated heterocycles. The van der Waals surface area contributed by atoms with Crippen LogP contribution in [0, 0.1) is 0 Å². The van der Waals surface area contributed by atoms with Crippen molar-refractivity contribution in [3.63, 3.8) is 0 Å². The van der Waals surface area contributed by atoms with Crippen LogP contribution in [0.25, 0.3) is 0 Å². The van der Waals surface area contributed by atoms with Crippen LogP contribution >= 0.6 is 0 Å². The summed E-state index contributed by atoms with van der Waals surface area (Å²) in [5, 5.41) is 2.87. The number of nitrogens with one attached hydrogen (secondary N) is 1. The number of aryl methyl sites for hydroxylation is 1. The minimum Gasteiger partial charge on any atom is -0.410 e. The van der Waals surface area contributed by atoms with Gasteiger partial charge in [-0.15, -0.1) is 0 Å². The van der Waals surface area contributed by atoms with Gasteiger partial charge in [0.2, 0.25) is 11.8 Å². The van der Waals surface area contributed by atoms with Crippen LogP contribution in [0.5, 0.6) is 5.75 Å². The normalized spacial score (nSPS) is 14.1. The summed E-state index contributed by atoms with van der Waals surface area (Å²) in [5.74, 6) is -0.338. The molecular formula is C22H25N3O4. The number of rotatable bonds is 3. The molecule has 29 heavy (non-hydrogen) atoms. The zero-order chi connectivity index (χ0) is 21.3. The Morgan fingerprint density at radius 3 is 2.55 bits per heavy atom. The average Bonchev–Trinajstić information content (AvgIpc) is 2.75. The van der Waals surface area contributed by atoms with Gasteiger partial charge in [0.05, 0.1) is 11.4 Å². The molecule has 152 valence electrons. The third-order valence-electron chi connectivity index (χ3n) is 4.82. The van der Waals surface area contributed by atoms with E-state index in [1.807, 2.05) is 45.9 Å². The molecular weight excluding hydrogens is 370 g/mol. The molecule has 1 aliphatic rings. The predicted octanol–water partition coefficient (Wildman–Crippen LogP) is 4.01. The Balaban J connectivity index is 2.21. The van der Waals surface area contributed by atoms with Gasteiger partial charge in [-0.25, -0.2) is 4.79 Å². The number of anilines is 3. The Hall–Kier alpha value is -3.35. The first-order valence-corrected chi connectivity index (χ1v) is 9.48. The van der Waals surface area contributed by atoms with Gasteiger partial charge in [0.15, 0.2) is 0 Å². The second-order valence-corrected chi connectivity index (χ2v) is 7.97. The number of amides is 3. The Bertz CT molecular complexity index is 992. The lowest BCUT2D eigenvalue weighted by Crippen LogP contribution is -2.27. The zero-order valence-electron chi connectivity index (χ0n) is 17.0. The van der Waals surface area contributed by atoms with Crippen LogP contribution < -0.4 is 20.7 Å². The van der Waals surface area contributed by atoms with Crippen molar-refractivity contribution in [1.82, 2.24) is 0 Å². The van der Waals surface area contributed by atoms with Gasteiger partial charge < -0.3 is 15.8 Å². The number of hydrogen-bond donors (Lipinski definition) is 2. The van der Waals surface area contributed by atoms with Crippen molar-refractivity contribution < 1.29 is 19.1 Å². The average molecular weight is 395 g/mol. The molecule has 7 heteroatoms. The number of ether oxygens (including phenoxy) is 1. The molecule has 0 fully saturated rings. The number of para-hydroxylation sites is 1. The van der Waals surface area contributed by atoms with E-state index in [-0.39, 0.29) is 23.7 Å². The first-order valence-electron chi connectivity index (χ1n) is 9.48. The number of carbonyl (C=O) groups excluding carboxylic acids is 3. The molecule has 0 atom stereocenters. The molecule has 0 aliphatic carbocycles. The van der Waals surface area contributed by atoms with E-state index in [1.165, 1.54) is 4.90 Å². The van der Waals surface area contributed by atoms with Crippen LogP contribution in [0.1, 0.15) is 45.2 Å². The predicted molar refractivity (Wildman–Crippen MR) is 112 cm³/mol. The molecule has 0 radical (unpaired) electrons. The highest BCUT2D eigenvalue weighted by Gasteiger charge is 2.30. The molecule has 2 aromatic rings. The molecule has 0 aromatic heterocycles. The van der Waals surface area contributed by atoms with Crippen molar-refractivity contribution >= 4 is 35.0 Å². The largest absolute Gasteiger partial charge is 0.410 e. The Morgan fingerprint density at radius 2 is 1.93 bits per heavy atom. The summed E-state index contributed by atoms with van der Waals surface area (Å²) in [7, 11) is 0. The first-order chi connectivity index (χ1) is 13.6. The number of fused-ring (bicyclic) bond motifs is 1. The monoisotopic (exact) mass is 395 g/mol. The number of benzene rings is 2. The van der Waals surface area contributed by atoms with Crippen molar-refractivity contribution in [3.05, 3.63) is 47.5 Å². The number of primary amides is 1. The Morgan fingerprint density at radius 1 is 1.21 bits per heavy atom.